The molecule has 9 heteroatoms. The molecule has 2 heterocycles. The molecule has 29 heavy (non-hydrogen) atoms. The van der Waals surface area contributed by atoms with Crippen molar-refractivity contribution in [1.29, 1.82) is 0 Å². The fraction of sp³-hybridized carbons (Fsp3) is 0.600. The standard InChI is InChI=1S/C20H29N5O4/c1-11(2)10-24-18-13(5-8-15(26)22-12(3)4)9-21-25(18)20(29)16(19(24)28)17(27)23-14-6-7-14/h9,11-12,14,28H,5-8,10H2,1-4H3,(H,22,26)(H,23,27). The summed E-state index contributed by atoms with van der Waals surface area (Å²) < 4.78 is 2.70. The summed E-state index contributed by atoms with van der Waals surface area (Å²) >= 11 is 0. The summed E-state index contributed by atoms with van der Waals surface area (Å²) in [5.41, 5.74) is 0.137. The van der Waals surface area contributed by atoms with Crippen molar-refractivity contribution in [3.63, 3.8) is 0 Å². The molecule has 1 fully saturated rings. The van der Waals surface area contributed by atoms with Crippen molar-refractivity contribution in [1.82, 2.24) is 24.8 Å². The van der Waals surface area contributed by atoms with Crippen molar-refractivity contribution in [2.75, 3.05) is 0 Å². The number of carbonyl (C=O) groups is 2. The third kappa shape index (κ3) is 4.60. The van der Waals surface area contributed by atoms with Gasteiger partial charge in [0.25, 0.3) is 11.5 Å². The number of hydrogen-bond donors (Lipinski definition) is 3. The van der Waals surface area contributed by atoms with Crippen LogP contribution in [0, 0.1) is 5.92 Å². The molecular weight excluding hydrogens is 374 g/mol. The van der Waals surface area contributed by atoms with Crippen LogP contribution >= 0.6 is 0 Å². The Balaban J connectivity index is 2.03. The van der Waals surface area contributed by atoms with E-state index in [1.54, 1.807) is 4.57 Å². The van der Waals surface area contributed by atoms with Gasteiger partial charge in [-0.2, -0.15) is 9.61 Å². The van der Waals surface area contributed by atoms with Crippen LogP contribution in [-0.2, 0) is 17.8 Å². The van der Waals surface area contributed by atoms with E-state index in [-0.39, 0.29) is 41.8 Å². The maximum atomic E-state index is 12.9. The minimum atomic E-state index is -0.659. The van der Waals surface area contributed by atoms with Gasteiger partial charge in [0.05, 0.1) is 6.20 Å². The average molecular weight is 403 g/mol. The van der Waals surface area contributed by atoms with Crippen LogP contribution in [0.4, 0.5) is 0 Å². The lowest BCUT2D eigenvalue weighted by atomic mass is 10.1. The Bertz CT molecular complexity index is 985. The monoisotopic (exact) mass is 403 g/mol. The van der Waals surface area contributed by atoms with E-state index in [0.717, 1.165) is 17.4 Å². The molecular formula is C20H29N5O4. The quantitative estimate of drug-likeness (QED) is 0.612. The molecule has 2 aromatic heterocycles. The molecule has 1 saturated carbocycles. The zero-order chi connectivity index (χ0) is 21.3. The minimum absolute atomic E-state index is 0.0436. The average Bonchev–Trinajstić information content (AvgIpc) is 3.32. The number of fused-ring (bicyclic) bond motifs is 1. The van der Waals surface area contributed by atoms with Crippen LogP contribution in [0.5, 0.6) is 5.88 Å². The van der Waals surface area contributed by atoms with Gasteiger partial charge in [0, 0.05) is 30.6 Å². The van der Waals surface area contributed by atoms with Crippen LogP contribution in [0.3, 0.4) is 0 Å². The Morgan fingerprint density at radius 3 is 2.55 bits per heavy atom. The Morgan fingerprint density at radius 1 is 1.28 bits per heavy atom. The first-order valence-corrected chi connectivity index (χ1v) is 10.1. The van der Waals surface area contributed by atoms with E-state index in [1.807, 2.05) is 27.7 Å². The van der Waals surface area contributed by atoms with Gasteiger partial charge in [-0.25, -0.2) is 0 Å². The zero-order valence-electron chi connectivity index (χ0n) is 17.4. The summed E-state index contributed by atoms with van der Waals surface area (Å²) in [6.45, 7) is 8.13. The number of nitrogens with zero attached hydrogens (tertiary/aromatic N) is 3. The van der Waals surface area contributed by atoms with E-state index in [4.69, 9.17) is 0 Å². The summed E-state index contributed by atoms with van der Waals surface area (Å²) in [4.78, 5) is 37.5. The second-order valence-electron chi connectivity index (χ2n) is 8.38. The van der Waals surface area contributed by atoms with Crippen LogP contribution in [0.2, 0.25) is 0 Å². The summed E-state index contributed by atoms with van der Waals surface area (Å²) in [5.74, 6) is -0.884. The maximum Gasteiger partial charge on any atom is 0.291 e. The van der Waals surface area contributed by atoms with Gasteiger partial charge in [-0.3, -0.25) is 19.0 Å². The molecule has 3 rings (SSSR count). The molecule has 0 radical (unpaired) electrons. The molecule has 158 valence electrons. The number of aromatic hydroxyl groups is 1. The highest BCUT2D eigenvalue weighted by molar-refractivity contribution is 5.96. The molecule has 9 nitrogen and oxygen atoms in total. The van der Waals surface area contributed by atoms with Crippen molar-refractivity contribution in [2.45, 2.75) is 72.0 Å². The van der Waals surface area contributed by atoms with E-state index in [0.29, 0.717) is 24.2 Å². The Labute approximate surface area is 169 Å². The maximum absolute atomic E-state index is 12.9. The number of carbonyl (C=O) groups excluding carboxylic acids is 2. The van der Waals surface area contributed by atoms with Crippen LogP contribution in [0.1, 0.15) is 62.9 Å². The molecule has 0 atom stereocenters. The lowest BCUT2D eigenvalue weighted by Crippen LogP contribution is -2.34. The second kappa shape index (κ2) is 8.26. The predicted molar refractivity (Wildman–Crippen MR) is 108 cm³/mol. The largest absolute Gasteiger partial charge is 0.494 e. The first kappa shape index (κ1) is 20.9. The van der Waals surface area contributed by atoms with Crippen LogP contribution in [0.25, 0.3) is 5.65 Å². The molecule has 2 aromatic rings. The van der Waals surface area contributed by atoms with Crippen LogP contribution in [0.15, 0.2) is 11.0 Å². The van der Waals surface area contributed by atoms with Crippen molar-refractivity contribution in [3.8, 4) is 5.88 Å². The van der Waals surface area contributed by atoms with E-state index in [9.17, 15) is 19.5 Å². The van der Waals surface area contributed by atoms with Gasteiger partial charge in [-0.15, -0.1) is 0 Å². The van der Waals surface area contributed by atoms with Gasteiger partial charge >= 0.3 is 0 Å². The van der Waals surface area contributed by atoms with Gasteiger partial charge < -0.3 is 15.7 Å². The molecule has 1 aliphatic rings. The number of aromatic nitrogens is 3. The highest BCUT2D eigenvalue weighted by Crippen LogP contribution is 2.24. The molecule has 2 amide bonds. The van der Waals surface area contributed by atoms with E-state index < -0.39 is 11.5 Å². The summed E-state index contributed by atoms with van der Waals surface area (Å²) in [6.07, 6.45) is 3.88. The van der Waals surface area contributed by atoms with Crippen molar-refractivity contribution < 1.29 is 14.7 Å². The van der Waals surface area contributed by atoms with Crippen molar-refractivity contribution in [3.05, 3.63) is 27.7 Å². The fourth-order valence-corrected chi connectivity index (χ4v) is 3.29. The molecule has 0 saturated heterocycles. The number of aryl methyl sites for hydroxylation is 1. The SMILES string of the molecule is CC(C)Cn1c(O)c(C(=O)NC2CC2)c(=O)n2ncc(CCC(=O)NC(C)C)c12. The molecule has 0 unspecified atom stereocenters. The van der Waals surface area contributed by atoms with E-state index in [1.165, 1.54) is 6.20 Å². The van der Waals surface area contributed by atoms with Gasteiger partial charge in [0.1, 0.15) is 5.65 Å². The van der Waals surface area contributed by atoms with Crippen LogP contribution < -0.4 is 16.2 Å². The van der Waals surface area contributed by atoms with E-state index in [2.05, 4.69) is 15.7 Å². The molecule has 0 bridgehead atoms. The first-order valence-electron chi connectivity index (χ1n) is 10.1. The lowest BCUT2D eigenvalue weighted by molar-refractivity contribution is -0.121. The Kier molecular flexibility index (Phi) is 5.95. The molecule has 0 aromatic carbocycles. The predicted octanol–water partition coefficient (Wildman–Crippen LogP) is 1.21. The third-order valence-corrected chi connectivity index (χ3v) is 4.72. The highest BCUT2D eigenvalue weighted by atomic mass is 16.3. The number of nitrogens with one attached hydrogen (secondary N) is 2. The summed E-state index contributed by atoms with van der Waals surface area (Å²) in [5, 5.41) is 20.6. The van der Waals surface area contributed by atoms with E-state index >= 15 is 0 Å². The Morgan fingerprint density at radius 2 is 1.97 bits per heavy atom. The number of amides is 2. The first-order chi connectivity index (χ1) is 13.7. The van der Waals surface area contributed by atoms with Gasteiger partial charge in [-0.05, 0) is 39.0 Å². The number of hydrogen-bond acceptors (Lipinski definition) is 5. The molecule has 0 spiro atoms. The normalized spacial score (nSPS) is 14.0. The lowest BCUT2D eigenvalue weighted by Gasteiger charge is -2.17. The molecule has 1 aliphatic carbocycles. The Hall–Kier alpha value is -2.84. The van der Waals surface area contributed by atoms with Crippen molar-refractivity contribution >= 4 is 17.5 Å². The van der Waals surface area contributed by atoms with Crippen LogP contribution in [-0.4, -0.2) is 43.2 Å². The third-order valence-electron chi connectivity index (χ3n) is 4.72. The fourth-order valence-electron chi connectivity index (χ4n) is 3.29. The zero-order valence-corrected chi connectivity index (χ0v) is 17.4. The summed E-state index contributed by atoms with van der Waals surface area (Å²) in [7, 11) is 0. The summed E-state index contributed by atoms with van der Waals surface area (Å²) in [6, 6.07) is 0.102. The van der Waals surface area contributed by atoms with Gasteiger partial charge in [-0.1, -0.05) is 13.8 Å². The molecule has 0 aliphatic heterocycles. The van der Waals surface area contributed by atoms with Gasteiger partial charge in [0.2, 0.25) is 11.8 Å². The minimum Gasteiger partial charge on any atom is -0.494 e. The highest BCUT2D eigenvalue weighted by Gasteiger charge is 2.30. The molecule has 3 N–H and O–H groups in total. The number of rotatable bonds is 8. The second-order valence-corrected chi connectivity index (χ2v) is 8.38. The van der Waals surface area contributed by atoms with Crippen molar-refractivity contribution in [2.24, 2.45) is 5.92 Å². The topological polar surface area (TPSA) is 118 Å². The van der Waals surface area contributed by atoms with Gasteiger partial charge in [0.15, 0.2) is 5.56 Å². The smallest absolute Gasteiger partial charge is 0.291 e.